The van der Waals surface area contributed by atoms with Gasteiger partial charge in [0.1, 0.15) is 0 Å². The van der Waals surface area contributed by atoms with E-state index in [-0.39, 0.29) is 18.3 Å². The van der Waals surface area contributed by atoms with Crippen LogP contribution in [0.15, 0.2) is 0 Å². The van der Waals surface area contributed by atoms with Crippen molar-refractivity contribution in [3.63, 3.8) is 0 Å². The zero-order valence-electron chi connectivity index (χ0n) is 14.2. The minimum atomic E-state index is 0. The zero-order chi connectivity index (χ0) is 15.0. The molecular weight excluding hydrogens is 296 g/mol. The number of carbonyl (C=O) groups excluding carboxylic acids is 1. The molecule has 0 heterocycles. The Morgan fingerprint density at radius 3 is 2.09 bits per heavy atom. The summed E-state index contributed by atoms with van der Waals surface area (Å²) in [4.78, 5) is 15.0. The highest BCUT2D eigenvalue weighted by Crippen LogP contribution is 2.42. The maximum absolute atomic E-state index is 12.9. The van der Waals surface area contributed by atoms with Crippen LogP contribution in [0.2, 0.25) is 0 Å². The van der Waals surface area contributed by atoms with Crippen molar-refractivity contribution in [3.8, 4) is 0 Å². The van der Waals surface area contributed by atoms with Crippen molar-refractivity contribution < 1.29 is 4.79 Å². The van der Waals surface area contributed by atoms with Gasteiger partial charge in [0.25, 0.3) is 0 Å². The molecule has 128 valence electrons. The van der Waals surface area contributed by atoms with Gasteiger partial charge in [-0.2, -0.15) is 0 Å². The molecule has 0 aromatic rings. The molecule has 3 rings (SSSR count). The largest absolute Gasteiger partial charge is 0.343 e. The highest BCUT2D eigenvalue weighted by Gasteiger charge is 2.42. The van der Waals surface area contributed by atoms with Crippen LogP contribution in [0.25, 0.3) is 0 Å². The Morgan fingerprint density at radius 2 is 1.55 bits per heavy atom. The molecule has 2 bridgehead atoms. The quantitative estimate of drug-likeness (QED) is 0.841. The fourth-order valence-electron chi connectivity index (χ4n) is 5.09. The molecule has 0 aromatic heterocycles. The fourth-order valence-corrected chi connectivity index (χ4v) is 5.09. The highest BCUT2D eigenvalue weighted by molar-refractivity contribution is 5.85. The molecule has 3 saturated carbocycles. The maximum Gasteiger partial charge on any atom is 0.225 e. The Kier molecular flexibility index (Phi) is 6.18. The molecule has 0 spiro atoms. The van der Waals surface area contributed by atoms with Gasteiger partial charge in [-0.25, -0.2) is 0 Å². The van der Waals surface area contributed by atoms with Gasteiger partial charge in [0.15, 0.2) is 0 Å². The first-order valence-electron chi connectivity index (χ1n) is 9.08. The Hall–Kier alpha value is -0.280. The summed E-state index contributed by atoms with van der Waals surface area (Å²) in [7, 11) is 2.05. The summed E-state index contributed by atoms with van der Waals surface area (Å²) in [5, 5.41) is 0. The molecule has 0 aliphatic heterocycles. The lowest BCUT2D eigenvalue weighted by molar-refractivity contribution is -0.140. The summed E-state index contributed by atoms with van der Waals surface area (Å²) in [5.41, 5.74) is 6.36. The topological polar surface area (TPSA) is 46.3 Å². The molecule has 2 atom stereocenters. The third-order valence-corrected chi connectivity index (χ3v) is 6.64. The first-order valence-corrected chi connectivity index (χ1v) is 9.08. The van der Waals surface area contributed by atoms with Crippen LogP contribution in [0.5, 0.6) is 0 Å². The van der Waals surface area contributed by atoms with Crippen LogP contribution in [0.3, 0.4) is 0 Å². The van der Waals surface area contributed by atoms with Crippen LogP contribution in [0.1, 0.15) is 64.7 Å². The second-order valence-corrected chi connectivity index (χ2v) is 8.06. The molecule has 3 aliphatic rings. The SMILES string of the molecule is CC1CCC(N(C)C(=O)C2CC3CCCC(C2)C3N)CC1.Cl. The van der Waals surface area contributed by atoms with Gasteiger partial charge in [-0.05, 0) is 69.1 Å². The number of amides is 1. The number of nitrogens with zero attached hydrogens (tertiary/aromatic N) is 1. The number of fused-ring (bicyclic) bond motifs is 2. The second kappa shape index (κ2) is 7.53. The van der Waals surface area contributed by atoms with Gasteiger partial charge in [0.2, 0.25) is 5.91 Å². The Bertz CT molecular complexity index is 367. The van der Waals surface area contributed by atoms with Gasteiger partial charge in [-0.1, -0.05) is 13.3 Å². The van der Waals surface area contributed by atoms with Gasteiger partial charge in [-0.3, -0.25) is 4.79 Å². The minimum absolute atomic E-state index is 0. The highest BCUT2D eigenvalue weighted by atomic mass is 35.5. The Morgan fingerprint density at radius 1 is 1.00 bits per heavy atom. The van der Waals surface area contributed by atoms with Gasteiger partial charge < -0.3 is 10.6 Å². The van der Waals surface area contributed by atoms with Gasteiger partial charge in [0.05, 0.1) is 0 Å². The lowest BCUT2D eigenvalue weighted by Gasteiger charge is -2.45. The lowest BCUT2D eigenvalue weighted by Crippen LogP contribution is -2.50. The van der Waals surface area contributed by atoms with Crippen molar-refractivity contribution in [2.24, 2.45) is 29.4 Å². The smallest absolute Gasteiger partial charge is 0.225 e. The van der Waals surface area contributed by atoms with Gasteiger partial charge in [-0.15, -0.1) is 12.4 Å². The summed E-state index contributed by atoms with van der Waals surface area (Å²) < 4.78 is 0. The van der Waals surface area contributed by atoms with E-state index in [0.717, 1.165) is 18.8 Å². The monoisotopic (exact) mass is 328 g/mol. The van der Waals surface area contributed by atoms with Crippen molar-refractivity contribution in [1.29, 1.82) is 0 Å². The number of nitrogens with two attached hydrogens (primary N) is 1. The van der Waals surface area contributed by atoms with E-state index in [4.69, 9.17) is 5.73 Å². The van der Waals surface area contributed by atoms with E-state index in [1.807, 2.05) is 7.05 Å². The first-order chi connectivity index (χ1) is 10.1. The predicted molar refractivity (Wildman–Crippen MR) is 93.0 cm³/mol. The number of rotatable bonds is 2. The average molecular weight is 329 g/mol. The third-order valence-electron chi connectivity index (χ3n) is 6.64. The van der Waals surface area contributed by atoms with Crippen molar-refractivity contribution in [1.82, 2.24) is 4.90 Å². The summed E-state index contributed by atoms with van der Waals surface area (Å²) in [5.74, 6) is 2.72. The molecule has 4 heteroatoms. The lowest BCUT2D eigenvalue weighted by atomic mass is 9.65. The molecule has 3 aliphatic carbocycles. The number of halogens is 1. The van der Waals surface area contributed by atoms with E-state index in [1.54, 1.807) is 0 Å². The van der Waals surface area contributed by atoms with Crippen LogP contribution < -0.4 is 5.73 Å². The molecule has 0 saturated heterocycles. The molecular formula is C18H33ClN2O. The van der Waals surface area contributed by atoms with Crippen LogP contribution >= 0.6 is 12.4 Å². The molecule has 0 aromatic carbocycles. The van der Waals surface area contributed by atoms with Crippen molar-refractivity contribution >= 4 is 18.3 Å². The summed E-state index contributed by atoms with van der Waals surface area (Å²) in [6, 6.07) is 0.854. The van der Waals surface area contributed by atoms with Gasteiger partial charge in [0, 0.05) is 25.0 Å². The molecule has 22 heavy (non-hydrogen) atoms. The third kappa shape index (κ3) is 3.62. The average Bonchev–Trinajstić information content (AvgIpc) is 2.46. The number of hydrogen-bond acceptors (Lipinski definition) is 2. The minimum Gasteiger partial charge on any atom is -0.343 e. The first kappa shape index (κ1) is 18.1. The molecule has 2 unspecified atom stereocenters. The van der Waals surface area contributed by atoms with E-state index >= 15 is 0 Å². The van der Waals surface area contributed by atoms with E-state index in [9.17, 15) is 4.79 Å². The molecule has 3 fully saturated rings. The summed E-state index contributed by atoms with van der Waals surface area (Å²) in [6.45, 7) is 2.34. The van der Waals surface area contributed by atoms with Crippen LogP contribution in [-0.4, -0.2) is 29.9 Å². The zero-order valence-corrected chi connectivity index (χ0v) is 15.0. The summed E-state index contributed by atoms with van der Waals surface area (Å²) >= 11 is 0. The molecule has 2 N–H and O–H groups in total. The molecule has 3 nitrogen and oxygen atoms in total. The number of carbonyl (C=O) groups is 1. The van der Waals surface area contributed by atoms with Crippen molar-refractivity contribution in [2.75, 3.05) is 7.05 Å². The van der Waals surface area contributed by atoms with E-state index < -0.39 is 0 Å². The van der Waals surface area contributed by atoms with E-state index in [1.165, 1.54) is 44.9 Å². The van der Waals surface area contributed by atoms with E-state index in [0.29, 0.717) is 29.8 Å². The second-order valence-electron chi connectivity index (χ2n) is 8.06. The van der Waals surface area contributed by atoms with Crippen LogP contribution in [-0.2, 0) is 4.79 Å². The normalized spacial score (nSPS) is 41.4. The van der Waals surface area contributed by atoms with Gasteiger partial charge >= 0.3 is 0 Å². The van der Waals surface area contributed by atoms with Crippen LogP contribution in [0.4, 0.5) is 0 Å². The fraction of sp³-hybridized carbons (Fsp3) is 0.944. The molecule has 1 amide bonds. The number of hydrogen-bond donors (Lipinski definition) is 1. The maximum atomic E-state index is 12.9. The Balaban J connectivity index is 0.00000176. The standard InChI is InChI=1S/C18H32N2O.ClH/c1-12-6-8-16(9-7-12)20(2)18(21)15-10-13-4-3-5-14(11-15)17(13)19;/h12-17H,3-11,19H2,1-2H3;1H. The predicted octanol–water partition coefficient (Wildman–Crippen LogP) is 3.60. The van der Waals surface area contributed by atoms with Crippen LogP contribution in [0, 0.1) is 23.7 Å². The summed E-state index contributed by atoms with van der Waals surface area (Å²) in [6.07, 6.45) is 10.9. The molecule has 0 radical (unpaired) electrons. The van der Waals surface area contributed by atoms with Crippen molar-refractivity contribution in [3.05, 3.63) is 0 Å². The van der Waals surface area contributed by atoms with Crippen molar-refractivity contribution in [2.45, 2.75) is 76.8 Å². The van der Waals surface area contributed by atoms with E-state index in [2.05, 4.69) is 11.8 Å². The Labute approximate surface area is 141 Å².